The molecular formula is C15H20N2O. The SMILES string of the molecule is Cc1ccc(-c2cn(C)c(CCO)n2)c(C)c1C. The van der Waals surface area contributed by atoms with Gasteiger partial charge in [0.25, 0.3) is 0 Å². The molecule has 0 radical (unpaired) electrons. The molecule has 1 aromatic heterocycles. The summed E-state index contributed by atoms with van der Waals surface area (Å²) in [6, 6.07) is 4.26. The van der Waals surface area contributed by atoms with Gasteiger partial charge in [0.15, 0.2) is 0 Å². The average Bonchev–Trinajstić information content (AvgIpc) is 2.68. The maximum atomic E-state index is 9.01. The van der Waals surface area contributed by atoms with E-state index < -0.39 is 0 Å². The number of rotatable bonds is 3. The van der Waals surface area contributed by atoms with Gasteiger partial charge < -0.3 is 9.67 Å². The standard InChI is InChI=1S/C15H20N2O/c1-10-5-6-13(12(3)11(10)2)14-9-17(4)15(16-14)7-8-18/h5-6,9,18H,7-8H2,1-4H3. The molecule has 0 amide bonds. The van der Waals surface area contributed by atoms with Crippen LogP contribution in [-0.2, 0) is 13.5 Å². The highest BCUT2D eigenvalue weighted by Gasteiger charge is 2.11. The number of imidazole rings is 1. The van der Waals surface area contributed by atoms with Crippen molar-refractivity contribution in [2.24, 2.45) is 7.05 Å². The summed E-state index contributed by atoms with van der Waals surface area (Å²) in [7, 11) is 1.97. The summed E-state index contributed by atoms with van der Waals surface area (Å²) in [5.41, 5.74) is 6.08. The second-order valence-corrected chi connectivity index (χ2v) is 4.81. The van der Waals surface area contributed by atoms with E-state index in [1.165, 1.54) is 22.3 Å². The molecule has 96 valence electrons. The van der Waals surface area contributed by atoms with Gasteiger partial charge in [-0.05, 0) is 37.5 Å². The van der Waals surface area contributed by atoms with Crippen LogP contribution in [-0.4, -0.2) is 21.3 Å². The Kier molecular flexibility index (Phi) is 3.53. The van der Waals surface area contributed by atoms with Crippen molar-refractivity contribution in [3.63, 3.8) is 0 Å². The highest BCUT2D eigenvalue weighted by Crippen LogP contribution is 2.26. The number of aliphatic hydroxyl groups is 1. The highest BCUT2D eigenvalue weighted by molar-refractivity contribution is 5.65. The molecule has 3 heteroatoms. The third-order valence-corrected chi connectivity index (χ3v) is 3.64. The second-order valence-electron chi connectivity index (χ2n) is 4.81. The van der Waals surface area contributed by atoms with Gasteiger partial charge in [0.1, 0.15) is 5.82 Å². The summed E-state index contributed by atoms with van der Waals surface area (Å²) in [5, 5.41) is 9.01. The zero-order chi connectivity index (χ0) is 13.3. The molecule has 0 spiro atoms. The molecule has 0 aliphatic carbocycles. The lowest BCUT2D eigenvalue weighted by atomic mass is 9.97. The number of aliphatic hydroxyl groups excluding tert-OH is 1. The van der Waals surface area contributed by atoms with Crippen molar-refractivity contribution >= 4 is 0 Å². The first-order valence-corrected chi connectivity index (χ1v) is 6.25. The minimum Gasteiger partial charge on any atom is -0.396 e. The minimum atomic E-state index is 0.135. The molecule has 2 rings (SSSR count). The first-order valence-electron chi connectivity index (χ1n) is 6.25. The highest BCUT2D eigenvalue weighted by atomic mass is 16.3. The molecule has 0 fully saturated rings. The Hall–Kier alpha value is -1.61. The maximum absolute atomic E-state index is 9.01. The molecule has 18 heavy (non-hydrogen) atoms. The topological polar surface area (TPSA) is 38.0 Å². The third-order valence-electron chi connectivity index (χ3n) is 3.64. The predicted octanol–water partition coefficient (Wildman–Crippen LogP) is 2.55. The zero-order valence-corrected chi connectivity index (χ0v) is 11.5. The summed E-state index contributed by atoms with van der Waals surface area (Å²) < 4.78 is 1.99. The molecule has 0 saturated carbocycles. The van der Waals surface area contributed by atoms with Crippen LogP contribution in [0.1, 0.15) is 22.5 Å². The van der Waals surface area contributed by atoms with Crippen LogP contribution < -0.4 is 0 Å². The van der Waals surface area contributed by atoms with Crippen molar-refractivity contribution in [2.75, 3.05) is 6.61 Å². The van der Waals surface area contributed by atoms with Crippen molar-refractivity contribution < 1.29 is 5.11 Å². The number of aromatic nitrogens is 2. The van der Waals surface area contributed by atoms with Crippen LogP contribution in [0.2, 0.25) is 0 Å². The fourth-order valence-corrected chi connectivity index (χ4v) is 2.20. The molecule has 1 aromatic carbocycles. The van der Waals surface area contributed by atoms with Crippen LogP contribution >= 0.6 is 0 Å². The Morgan fingerprint density at radius 2 is 1.89 bits per heavy atom. The number of aryl methyl sites for hydroxylation is 2. The zero-order valence-electron chi connectivity index (χ0n) is 11.5. The van der Waals surface area contributed by atoms with Gasteiger partial charge in [-0.15, -0.1) is 0 Å². The number of hydrogen-bond donors (Lipinski definition) is 1. The van der Waals surface area contributed by atoms with Gasteiger partial charge >= 0.3 is 0 Å². The van der Waals surface area contributed by atoms with E-state index in [1.807, 2.05) is 17.8 Å². The third kappa shape index (κ3) is 2.18. The van der Waals surface area contributed by atoms with Crippen molar-refractivity contribution in [3.05, 3.63) is 40.8 Å². The molecule has 0 unspecified atom stereocenters. The normalized spacial score (nSPS) is 10.9. The van der Waals surface area contributed by atoms with Crippen molar-refractivity contribution in [3.8, 4) is 11.3 Å². The molecule has 0 aliphatic heterocycles. The van der Waals surface area contributed by atoms with Crippen molar-refractivity contribution in [1.29, 1.82) is 0 Å². The van der Waals surface area contributed by atoms with Gasteiger partial charge in [0.2, 0.25) is 0 Å². The molecule has 0 saturated heterocycles. The molecule has 0 aliphatic rings. The molecule has 1 N–H and O–H groups in total. The lowest BCUT2D eigenvalue weighted by Gasteiger charge is -2.09. The first kappa shape index (κ1) is 12.8. The number of benzene rings is 1. The average molecular weight is 244 g/mol. The number of hydrogen-bond acceptors (Lipinski definition) is 2. The first-order chi connectivity index (χ1) is 8.54. The lowest BCUT2D eigenvalue weighted by molar-refractivity contribution is 0.295. The van der Waals surface area contributed by atoms with Gasteiger partial charge in [-0.1, -0.05) is 12.1 Å². The van der Waals surface area contributed by atoms with Crippen LogP contribution in [0.5, 0.6) is 0 Å². The minimum absolute atomic E-state index is 0.135. The van der Waals surface area contributed by atoms with Crippen molar-refractivity contribution in [2.45, 2.75) is 27.2 Å². The van der Waals surface area contributed by atoms with Gasteiger partial charge in [0, 0.05) is 25.2 Å². The maximum Gasteiger partial charge on any atom is 0.111 e. The van der Waals surface area contributed by atoms with E-state index in [0.29, 0.717) is 6.42 Å². The van der Waals surface area contributed by atoms with Crippen molar-refractivity contribution in [1.82, 2.24) is 9.55 Å². The quantitative estimate of drug-likeness (QED) is 0.901. The number of nitrogens with zero attached hydrogens (tertiary/aromatic N) is 2. The van der Waals surface area contributed by atoms with E-state index in [2.05, 4.69) is 37.9 Å². The summed E-state index contributed by atoms with van der Waals surface area (Å²) in [4.78, 5) is 4.60. The van der Waals surface area contributed by atoms with E-state index in [9.17, 15) is 0 Å². The fourth-order valence-electron chi connectivity index (χ4n) is 2.20. The molecule has 0 atom stereocenters. The molecular weight excluding hydrogens is 224 g/mol. The Balaban J connectivity index is 2.49. The molecule has 3 nitrogen and oxygen atoms in total. The van der Waals surface area contributed by atoms with Gasteiger partial charge in [0.05, 0.1) is 12.3 Å². The van der Waals surface area contributed by atoms with Gasteiger partial charge in [-0.2, -0.15) is 0 Å². The van der Waals surface area contributed by atoms with E-state index in [0.717, 1.165) is 11.5 Å². The van der Waals surface area contributed by atoms with E-state index >= 15 is 0 Å². The van der Waals surface area contributed by atoms with E-state index in [4.69, 9.17) is 5.11 Å². The van der Waals surface area contributed by atoms with Gasteiger partial charge in [-0.25, -0.2) is 4.98 Å². The van der Waals surface area contributed by atoms with Crippen LogP contribution in [0.4, 0.5) is 0 Å². The largest absolute Gasteiger partial charge is 0.396 e. The van der Waals surface area contributed by atoms with Crippen LogP contribution in [0.25, 0.3) is 11.3 Å². The Labute approximate surface area is 108 Å². The summed E-state index contributed by atoms with van der Waals surface area (Å²) in [5.74, 6) is 0.921. The van der Waals surface area contributed by atoms with Crippen LogP contribution in [0, 0.1) is 20.8 Å². The van der Waals surface area contributed by atoms with E-state index in [1.54, 1.807) is 0 Å². The predicted molar refractivity (Wildman–Crippen MR) is 73.6 cm³/mol. The monoisotopic (exact) mass is 244 g/mol. The molecule has 0 bridgehead atoms. The summed E-state index contributed by atoms with van der Waals surface area (Å²) in [6.07, 6.45) is 2.63. The lowest BCUT2D eigenvalue weighted by Crippen LogP contribution is -1.99. The Morgan fingerprint density at radius 3 is 2.56 bits per heavy atom. The van der Waals surface area contributed by atoms with E-state index in [-0.39, 0.29) is 6.61 Å². The Bertz CT molecular complexity index is 570. The van der Waals surface area contributed by atoms with Gasteiger partial charge in [-0.3, -0.25) is 0 Å². The summed E-state index contributed by atoms with van der Waals surface area (Å²) in [6.45, 7) is 6.54. The fraction of sp³-hybridized carbons (Fsp3) is 0.400. The second kappa shape index (κ2) is 4.94. The van der Waals surface area contributed by atoms with Crippen LogP contribution in [0.15, 0.2) is 18.3 Å². The molecule has 1 heterocycles. The summed E-state index contributed by atoms with van der Waals surface area (Å²) >= 11 is 0. The molecule has 2 aromatic rings. The smallest absolute Gasteiger partial charge is 0.111 e. The van der Waals surface area contributed by atoms with Crippen LogP contribution in [0.3, 0.4) is 0 Å². The Morgan fingerprint density at radius 1 is 1.17 bits per heavy atom.